The fourth-order valence-electron chi connectivity index (χ4n) is 2.55. The highest BCUT2D eigenvalue weighted by Gasteiger charge is 2.17. The monoisotopic (exact) mass is 254 g/mol. The van der Waals surface area contributed by atoms with Crippen LogP contribution in [0.25, 0.3) is 11.4 Å². The van der Waals surface area contributed by atoms with Crippen molar-refractivity contribution in [3.63, 3.8) is 0 Å². The third kappa shape index (κ3) is 2.19. The summed E-state index contributed by atoms with van der Waals surface area (Å²) < 4.78 is 0. The minimum Gasteiger partial charge on any atom is -0.383 e. The zero-order valence-corrected chi connectivity index (χ0v) is 11.3. The lowest BCUT2D eigenvalue weighted by Gasteiger charge is -2.18. The number of hydrogen-bond acceptors (Lipinski definition) is 4. The van der Waals surface area contributed by atoms with Crippen LogP contribution >= 0.6 is 0 Å². The number of hydrogen-bond donors (Lipinski definition) is 2. The summed E-state index contributed by atoms with van der Waals surface area (Å²) in [5, 5.41) is 3.30. The van der Waals surface area contributed by atoms with Crippen molar-refractivity contribution >= 4 is 5.82 Å². The highest BCUT2D eigenvalue weighted by Crippen LogP contribution is 2.25. The van der Waals surface area contributed by atoms with Crippen molar-refractivity contribution in [1.29, 1.82) is 0 Å². The maximum atomic E-state index is 6.07. The molecule has 1 aromatic carbocycles. The quantitative estimate of drug-likeness (QED) is 0.817. The Balaban J connectivity index is 2.13. The van der Waals surface area contributed by atoms with Crippen LogP contribution in [0.4, 0.5) is 5.82 Å². The van der Waals surface area contributed by atoms with Gasteiger partial charge in [0, 0.05) is 30.6 Å². The van der Waals surface area contributed by atoms with Gasteiger partial charge in [-0.15, -0.1) is 0 Å². The third-order valence-corrected chi connectivity index (χ3v) is 3.59. The molecule has 0 amide bonds. The maximum Gasteiger partial charge on any atom is 0.162 e. The van der Waals surface area contributed by atoms with Gasteiger partial charge in [0.1, 0.15) is 5.82 Å². The number of aryl methyl sites for hydroxylation is 2. The minimum atomic E-state index is 0.604. The molecular weight excluding hydrogens is 236 g/mol. The summed E-state index contributed by atoms with van der Waals surface area (Å²) in [5.41, 5.74) is 11.7. The second-order valence-corrected chi connectivity index (χ2v) is 5.10. The molecule has 0 aliphatic carbocycles. The number of rotatable bonds is 1. The standard InChI is InChI=1S/C15H18N4/c1-9-3-4-11(10(2)7-9)15-18-13-5-6-17-8-12(13)14(16)19-15/h3-4,7,17H,5-6,8H2,1-2H3,(H2,16,18,19). The first-order chi connectivity index (χ1) is 9.15. The molecule has 1 aliphatic heterocycles. The molecule has 0 saturated heterocycles. The van der Waals surface area contributed by atoms with E-state index < -0.39 is 0 Å². The van der Waals surface area contributed by atoms with Crippen molar-refractivity contribution in [1.82, 2.24) is 15.3 Å². The van der Waals surface area contributed by atoms with Gasteiger partial charge in [-0.2, -0.15) is 0 Å². The summed E-state index contributed by atoms with van der Waals surface area (Å²) in [7, 11) is 0. The van der Waals surface area contributed by atoms with Crippen LogP contribution in [-0.4, -0.2) is 16.5 Å². The van der Waals surface area contributed by atoms with Crippen molar-refractivity contribution in [2.24, 2.45) is 0 Å². The van der Waals surface area contributed by atoms with Crippen LogP contribution in [0.3, 0.4) is 0 Å². The van der Waals surface area contributed by atoms with Crippen molar-refractivity contribution in [2.75, 3.05) is 12.3 Å². The predicted molar refractivity (Wildman–Crippen MR) is 76.8 cm³/mol. The largest absolute Gasteiger partial charge is 0.383 e. The van der Waals surface area contributed by atoms with E-state index in [9.17, 15) is 0 Å². The lowest BCUT2D eigenvalue weighted by atomic mass is 10.0. The van der Waals surface area contributed by atoms with Crippen LogP contribution in [-0.2, 0) is 13.0 Å². The molecule has 0 radical (unpaired) electrons. The van der Waals surface area contributed by atoms with Crippen molar-refractivity contribution in [2.45, 2.75) is 26.8 Å². The maximum absolute atomic E-state index is 6.07. The third-order valence-electron chi connectivity index (χ3n) is 3.59. The van der Waals surface area contributed by atoms with E-state index in [2.05, 4.69) is 42.3 Å². The van der Waals surface area contributed by atoms with Gasteiger partial charge in [0.05, 0.1) is 5.69 Å². The van der Waals surface area contributed by atoms with Gasteiger partial charge >= 0.3 is 0 Å². The summed E-state index contributed by atoms with van der Waals surface area (Å²) in [5.74, 6) is 1.35. The molecule has 1 aliphatic rings. The Bertz CT molecular complexity index is 634. The number of nitrogens with one attached hydrogen (secondary N) is 1. The van der Waals surface area contributed by atoms with Gasteiger partial charge in [-0.05, 0) is 19.4 Å². The average Bonchev–Trinajstić information content (AvgIpc) is 2.38. The Morgan fingerprint density at radius 2 is 2.05 bits per heavy atom. The molecule has 3 rings (SSSR count). The van der Waals surface area contributed by atoms with Crippen LogP contribution in [0.2, 0.25) is 0 Å². The smallest absolute Gasteiger partial charge is 0.162 e. The SMILES string of the molecule is Cc1ccc(-c2nc(N)c3c(n2)CCNC3)c(C)c1. The molecule has 3 N–H and O–H groups in total. The number of fused-ring (bicyclic) bond motifs is 1. The van der Waals surface area contributed by atoms with E-state index in [1.807, 2.05) is 0 Å². The molecule has 2 aromatic rings. The van der Waals surface area contributed by atoms with E-state index in [1.165, 1.54) is 11.1 Å². The lowest BCUT2D eigenvalue weighted by molar-refractivity contribution is 0.629. The average molecular weight is 254 g/mol. The van der Waals surface area contributed by atoms with Gasteiger partial charge < -0.3 is 11.1 Å². The van der Waals surface area contributed by atoms with E-state index >= 15 is 0 Å². The van der Waals surface area contributed by atoms with Crippen molar-refractivity contribution in [3.8, 4) is 11.4 Å². The summed E-state index contributed by atoms with van der Waals surface area (Å²) >= 11 is 0. The Kier molecular flexibility index (Phi) is 2.95. The molecule has 0 bridgehead atoms. The van der Waals surface area contributed by atoms with E-state index in [0.29, 0.717) is 5.82 Å². The molecule has 0 fully saturated rings. The van der Waals surface area contributed by atoms with Crippen molar-refractivity contribution < 1.29 is 0 Å². The van der Waals surface area contributed by atoms with Crippen molar-refractivity contribution in [3.05, 3.63) is 40.6 Å². The number of nitrogens with zero attached hydrogens (tertiary/aromatic N) is 2. The van der Waals surface area contributed by atoms with Gasteiger partial charge in [0.2, 0.25) is 0 Å². The first kappa shape index (κ1) is 12.1. The van der Waals surface area contributed by atoms with Crippen LogP contribution < -0.4 is 11.1 Å². The molecule has 98 valence electrons. The second-order valence-electron chi connectivity index (χ2n) is 5.10. The predicted octanol–water partition coefficient (Wildman–Crippen LogP) is 1.99. The van der Waals surface area contributed by atoms with Crippen LogP contribution in [0.5, 0.6) is 0 Å². The fraction of sp³-hybridized carbons (Fsp3) is 0.333. The van der Waals surface area contributed by atoms with Gasteiger partial charge in [-0.1, -0.05) is 23.8 Å². The first-order valence-corrected chi connectivity index (χ1v) is 6.59. The summed E-state index contributed by atoms with van der Waals surface area (Å²) in [6, 6.07) is 6.31. The lowest BCUT2D eigenvalue weighted by Crippen LogP contribution is -2.26. The number of aromatic nitrogens is 2. The summed E-state index contributed by atoms with van der Waals surface area (Å²) in [6.07, 6.45) is 0.917. The Hall–Kier alpha value is -1.94. The molecule has 0 atom stereocenters. The summed E-state index contributed by atoms with van der Waals surface area (Å²) in [6.45, 7) is 5.90. The molecule has 4 heteroatoms. The number of nitrogen functional groups attached to an aromatic ring is 1. The fourth-order valence-corrected chi connectivity index (χ4v) is 2.55. The first-order valence-electron chi connectivity index (χ1n) is 6.59. The van der Waals surface area contributed by atoms with E-state index in [-0.39, 0.29) is 0 Å². The van der Waals surface area contributed by atoms with E-state index in [1.54, 1.807) is 0 Å². The van der Waals surface area contributed by atoms with E-state index in [4.69, 9.17) is 10.7 Å². The molecule has 19 heavy (non-hydrogen) atoms. The zero-order chi connectivity index (χ0) is 13.4. The van der Waals surface area contributed by atoms with Crippen LogP contribution in [0.15, 0.2) is 18.2 Å². The Morgan fingerprint density at radius 1 is 1.21 bits per heavy atom. The van der Waals surface area contributed by atoms with E-state index in [0.717, 1.165) is 42.2 Å². The number of anilines is 1. The summed E-state index contributed by atoms with van der Waals surface area (Å²) in [4.78, 5) is 9.18. The van der Waals surface area contributed by atoms with Crippen LogP contribution in [0, 0.1) is 13.8 Å². The van der Waals surface area contributed by atoms with Gasteiger partial charge in [0.25, 0.3) is 0 Å². The molecule has 0 saturated carbocycles. The topological polar surface area (TPSA) is 63.8 Å². The number of benzene rings is 1. The molecule has 1 aromatic heterocycles. The molecular formula is C15H18N4. The van der Waals surface area contributed by atoms with Gasteiger partial charge in [-0.3, -0.25) is 0 Å². The molecule has 2 heterocycles. The van der Waals surface area contributed by atoms with Gasteiger partial charge in [0.15, 0.2) is 5.82 Å². The minimum absolute atomic E-state index is 0.604. The molecule has 0 unspecified atom stereocenters. The Morgan fingerprint density at radius 3 is 2.84 bits per heavy atom. The van der Waals surface area contributed by atoms with Gasteiger partial charge in [-0.25, -0.2) is 9.97 Å². The number of nitrogens with two attached hydrogens (primary N) is 1. The highest BCUT2D eigenvalue weighted by atomic mass is 15.0. The normalized spacial score (nSPS) is 14.2. The second kappa shape index (κ2) is 4.63. The zero-order valence-electron chi connectivity index (χ0n) is 11.3. The molecule has 4 nitrogen and oxygen atoms in total. The van der Waals surface area contributed by atoms with Crippen LogP contribution in [0.1, 0.15) is 22.4 Å². The molecule has 0 spiro atoms. The Labute approximate surface area is 113 Å². The highest BCUT2D eigenvalue weighted by molar-refractivity contribution is 5.63.